The standard InChI is InChI=1S/C22H26N4OS/c27-19-6-4-5-16(13-19)17-14-20-21(23-15-17)24-22(28-20)26-11-7-18(8-12-26)25-9-2-1-3-10-25/h4-6,13-15,18,27H,1-3,7-12H2. The second-order valence-corrected chi connectivity index (χ2v) is 8.92. The number of rotatable bonds is 3. The maximum absolute atomic E-state index is 9.74. The van der Waals surface area contributed by atoms with E-state index in [1.807, 2.05) is 18.3 Å². The van der Waals surface area contributed by atoms with E-state index in [-0.39, 0.29) is 5.75 Å². The summed E-state index contributed by atoms with van der Waals surface area (Å²) in [6.07, 6.45) is 8.45. The lowest BCUT2D eigenvalue weighted by Crippen LogP contribution is -2.46. The van der Waals surface area contributed by atoms with Crippen LogP contribution in [0.1, 0.15) is 32.1 Å². The molecule has 2 fully saturated rings. The van der Waals surface area contributed by atoms with E-state index in [4.69, 9.17) is 4.98 Å². The molecule has 0 amide bonds. The summed E-state index contributed by atoms with van der Waals surface area (Å²) >= 11 is 1.73. The first kappa shape index (κ1) is 17.9. The highest BCUT2D eigenvalue weighted by atomic mass is 32.1. The van der Waals surface area contributed by atoms with Gasteiger partial charge in [-0.25, -0.2) is 4.98 Å². The van der Waals surface area contributed by atoms with Gasteiger partial charge in [0.25, 0.3) is 0 Å². The van der Waals surface area contributed by atoms with Crippen molar-refractivity contribution in [3.05, 3.63) is 36.5 Å². The van der Waals surface area contributed by atoms with Gasteiger partial charge >= 0.3 is 0 Å². The van der Waals surface area contributed by atoms with Crippen LogP contribution in [0.5, 0.6) is 5.75 Å². The Balaban J connectivity index is 1.31. The van der Waals surface area contributed by atoms with Crippen LogP contribution in [0.3, 0.4) is 0 Å². The van der Waals surface area contributed by atoms with Crippen LogP contribution in [0.25, 0.3) is 21.5 Å². The molecular weight excluding hydrogens is 368 g/mol. The Morgan fingerprint density at radius 3 is 2.57 bits per heavy atom. The van der Waals surface area contributed by atoms with Crippen LogP contribution in [-0.2, 0) is 0 Å². The second kappa shape index (κ2) is 7.68. The average Bonchev–Trinajstić information content (AvgIpc) is 3.18. The number of phenols is 1. The van der Waals surface area contributed by atoms with Gasteiger partial charge in [-0.2, -0.15) is 4.98 Å². The largest absolute Gasteiger partial charge is 0.508 e. The third-order valence-corrected chi connectivity index (χ3v) is 7.11. The van der Waals surface area contributed by atoms with E-state index >= 15 is 0 Å². The minimum Gasteiger partial charge on any atom is -0.508 e. The van der Waals surface area contributed by atoms with Gasteiger partial charge in [0.15, 0.2) is 10.8 Å². The van der Waals surface area contributed by atoms with E-state index in [0.29, 0.717) is 0 Å². The molecule has 1 N–H and O–H groups in total. The Labute approximate surface area is 169 Å². The summed E-state index contributed by atoms with van der Waals surface area (Å²) in [5.41, 5.74) is 2.82. The number of aromatic nitrogens is 2. The highest BCUT2D eigenvalue weighted by Gasteiger charge is 2.26. The molecule has 5 nitrogen and oxygen atoms in total. The molecule has 0 aliphatic carbocycles. The van der Waals surface area contributed by atoms with Crippen LogP contribution in [0.2, 0.25) is 0 Å². The lowest BCUT2D eigenvalue weighted by Gasteiger charge is -2.40. The molecule has 6 heteroatoms. The number of anilines is 1. The van der Waals surface area contributed by atoms with Crippen molar-refractivity contribution in [2.24, 2.45) is 0 Å². The number of pyridine rings is 1. The van der Waals surface area contributed by atoms with Crippen LogP contribution in [0.4, 0.5) is 5.13 Å². The molecule has 0 spiro atoms. The van der Waals surface area contributed by atoms with Crippen LogP contribution < -0.4 is 4.90 Å². The van der Waals surface area contributed by atoms with Crippen LogP contribution >= 0.6 is 11.3 Å². The molecule has 0 bridgehead atoms. The number of benzene rings is 1. The summed E-state index contributed by atoms with van der Waals surface area (Å²) in [6.45, 7) is 4.74. The van der Waals surface area contributed by atoms with E-state index in [2.05, 4.69) is 20.9 Å². The van der Waals surface area contributed by atoms with Gasteiger partial charge in [0.1, 0.15) is 5.75 Å². The first-order valence-corrected chi connectivity index (χ1v) is 11.1. The van der Waals surface area contributed by atoms with Gasteiger partial charge in [-0.3, -0.25) is 0 Å². The molecule has 28 heavy (non-hydrogen) atoms. The van der Waals surface area contributed by atoms with Crippen molar-refractivity contribution in [2.75, 3.05) is 31.1 Å². The van der Waals surface area contributed by atoms with Gasteiger partial charge in [0, 0.05) is 30.9 Å². The quantitative estimate of drug-likeness (QED) is 0.708. The van der Waals surface area contributed by atoms with Crippen molar-refractivity contribution in [1.82, 2.24) is 14.9 Å². The summed E-state index contributed by atoms with van der Waals surface area (Å²) in [6, 6.07) is 10.2. The Morgan fingerprint density at radius 1 is 0.964 bits per heavy atom. The lowest BCUT2D eigenvalue weighted by molar-refractivity contribution is 0.141. The molecule has 3 aromatic rings. The fourth-order valence-electron chi connectivity index (χ4n) is 4.49. The topological polar surface area (TPSA) is 52.5 Å². The van der Waals surface area contributed by atoms with Gasteiger partial charge in [-0.1, -0.05) is 29.9 Å². The molecule has 1 aromatic carbocycles. The van der Waals surface area contributed by atoms with Crippen molar-refractivity contribution in [3.8, 4) is 16.9 Å². The number of likely N-dealkylation sites (tertiary alicyclic amines) is 1. The van der Waals surface area contributed by atoms with Gasteiger partial charge in [-0.15, -0.1) is 0 Å². The molecular formula is C22H26N4OS. The Hall–Kier alpha value is -2.18. The highest BCUT2D eigenvalue weighted by Crippen LogP contribution is 2.33. The predicted molar refractivity (Wildman–Crippen MR) is 115 cm³/mol. The number of hydrogen-bond acceptors (Lipinski definition) is 6. The maximum Gasteiger partial charge on any atom is 0.188 e. The molecule has 0 atom stereocenters. The summed E-state index contributed by atoms with van der Waals surface area (Å²) in [4.78, 5) is 14.5. The predicted octanol–water partition coefficient (Wildman–Crippen LogP) is 4.52. The molecule has 146 valence electrons. The first-order chi connectivity index (χ1) is 13.8. The Morgan fingerprint density at radius 2 is 1.79 bits per heavy atom. The van der Waals surface area contributed by atoms with Crippen LogP contribution in [-0.4, -0.2) is 52.2 Å². The van der Waals surface area contributed by atoms with Crippen molar-refractivity contribution < 1.29 is 5.11 Å². The molecule has 2 saturated heterocycles. The normalized spacial score (nSPS) is 19.4. The number of aromatic hydroxyl groups is 1. The number of thiazole rings is 1. The van der Waals surface area contributed by atoms with E-state index in [1.54, 1.807) is 23.5 Å². The van der Waals surface area contributed by atoms with Gasteiger partial charge in [0.2, 0.25) is 0 Å². The molecule has 2 aliphatic rings. The van der Waals surface area contributed by atoms with Gasteiger partial charge < -0.3 is 14.9 Å². The van der Waals surface area contributed by atoms with Gasteiger partial charge in [0.05, 0.1) is 4.70 Å². The SMILES string of the molecule is Oc1cccc(-c2cnc3nc(N4CCC(N5CCCCC5)CC4)sc3c2)c1. The fraction of sp³-hybridized carbons (Fsp3) is 0.455. The van der Waals surface area contributed by atoms with E-state index in [1.165, 1.54) is 45.2 Å². The third-order valence-electron chi connectivity index (χ3n) is 6.06. The summed E-state index contributed by atoms with van der Waals surface area (Å²) in [5, 5.41) is 10.8. The molecule has 5 rings (SSSR count). The highest BCUT2D eigenvalue weighted by molar-refractivity contribution is 7.22. The Bertz CT molecular complexity index is 958. The third kappa shape index (κ3) is 3.59. The second-order valence-electron chi connectivity index (χ2n) is 7.91. The Kier molecular flexibility index (Phi) is 4.91. The molecule has 2 aliphatic heterocycles. The molecule has 2 aromatic heterocycles. The maximum atomic E-state index is 9.74. The van der Waals surface area contributed by atoms with Crippen molar-refractivity contribution in [2.45, 2.75) is 38.1 Å². The summed E-state index contributed by atoms with van der Waals surface area (Å²) in [7, 11) is 0. The number of piperidine rings is 2. The minimum atomic E-state index is 0.277. The summed E-state index contributed by atoms with van der Waals surface area (Å²) in [5.74, 6) is 0.277. The zero-order valence-corrected chi connectivity index (χ0v) is 16.9. The first-order valence-electron chi connectivity index (χ1n) is 10.3. The smallest absolute Gasteiger partial charge is 0.188 e. The summed E-state index contributed by atoms with van der Waals surface area (Å²) < 4.78 is 1.11. The zero-order valence-electron chi connectivity index (χ0n) is 16.0. The van der Waals surface area contributed by atoms with Crippen LogP contribution in [0.15, 0.2) is 36.5 Å². The lowest BCUT2D eigenvalue weighted by atomic mass is 10.0. The molecule has 0 unspecified atom stereocenters. The van der Waals surface area contributed by atoms with Crippen molar-refractivity contribution in [1.29, 1.82) is 0 Å². The molecule has 4 heterocycles. The van der Waals surface area contributed by atoms with E-state index < -0.39 is 0 Å². The monoisotopic (exact) mass is 394 g/mol. The number of phenolic OH excluding ortho intramolecular Hbond substituents is 1. The number of fused-ring (bicyclic) bond motifs is 1. The van der Waals surface area contributed by atoms with Crippen LogP contribution in [0, 0.1) is 0 Å². The van der Waals surface area contributed by atoms with Crippen molar-refractivity contribution in [3.63, 3.8) is 0 Å². The average molecular weight is 395 g/mol. The van der Waals surface area contributed by atoms with E-state index in [0.717, 1.165) is 45.7 Å². The molecule has 0 saturated carbocycles. The van der Waals surface area contributed by atoms with E-state index in [9.17, 15) is 5.11 Å². The number of nitrogens with zero attached hydrogens (tertiary/aromatic N) is 4. The zero-order chi connectivity index (χ0) is 18.9. The van der Waals surface area contributed by atoms with Crippen molar-refractivity contribution >= 4 is 26.8 Å². The van der Waals surface area contributed by atoms with Gasteiger partial charge in [-0.05, 0) is 62.5 Å². The fourth-order valence-corrected chi connectivity index (χ4v) is 5.51. The number of hydrogen-bond donors (Lipinski definition) is 1. The minimum absolute atomic E-state index is 0.277. The molecule has 0 radical (unpaired) electrons.